The molecule has 2 aliphatic rings. The number of furan rings is 1. The van der Waals surface area contributed by atoms with Crippen LogP contribution in [0.2, 0.25) is 0 Å². The molecule has 0 bridgehead atoms. The molecular formula is C32H29FN2O4. The smallest absolute Gasteiger partial charge is 0.287 e. The van der Waals surface area contributed by atoms with Crippen LogP contribution in [-0.2, 0) is 24.4 Å². The van der Waals surface area contributed by atoms with Crippen molar-refractivity contribution in [3.63, 3.8) is 0 Å². The van der Waals surface area contributed by atoms with Crippen LogP contribution in [0.15, 0.2) is 89.3 Å². The van der Waals surface area contributed by atoms with Crippen molar-refractivity contribution in [2.45, 2.75) is 38.5 Å². The van der Waals surface area contributed by atoms with Crippen LogP contribution in [0, 0.1) is 11.7 Å². The van der Waals surface area contributed by atoms with E-state index < -0.39 is 0 Å². The lowest BCUT2D eigenvalue weighted by Gasteiger charge is -2.38. The zero-order valence-electron chi connectivity index (χ0n) is 21.4. The van der Waals surface area contributed by atoms with Gasteiger partial charge in [0.25, 0.3) is 5.91 Å². The second-order valence-electron chi connectivity index (χ2n) is 10.1. The average molecular weight is 525 g/mol. The first-order chi connectivity index (χ1) is 19.0. The summed E-state index contributed by atoms with van der Waals surface area (Å²) in [6, 6.07) is 25.0. The Morgan fingerprint density at radius 1 is 0.974 bits per heavy atom. The molecule has 6 rings (SSSR count). The minimum Gasteiger partial charge on any atom is -0.486 e. The molecule has 1 aliphatic carbocycles. The maximum absolute atomic E-state index is 14.2. The first-order valence-electron chi connectivity index (χ1n) is 13.3. The number of hydrogen-bond donors (Lipinski definition) is 1. The SMILES string of the molecule is O=C(NCc1ccccc1)c1ccc(COc2ccc3c(c2)C(c2cccc(F)c2)N(C(=O)C2CC2)CC3)o1. The molecule has 1 atom stereocenters. The summed E-state index contributed by atoms with van der Waals surface area (Å²) >= 11 is 0. The lowest BCUT2D eigenvalue weighted by Crippen LogP contribution is -2.41. The van der Waals surface area contributed by atoms with E-state index in [2.05, 4.69) is 5.32 Å². The normalized spacial score (nSPS) is 16.4. The highest BCUT2D eigenvalue weighted by molar-refractivity contribution is 5.91. The maximum Gasteiger partial charge on any atom is 0.287 e. The van der Waals surface area contributed by atoms with Gasteiger partial charge in [0.05, 0.1) is 6.04 Å². The zero-order chi connectivity index (χ0) is 26.8. The van der Waals surface area contributed by atoms with Crippen LogP contribution in [0.1, 0.15) is 57.5 Å². The molecule has 7 heteroatoms. The average Bonchev–Trinajstić information content (AvgIpc) is 3.71. The Bertz CT molecular complexity index is 1500. The first kappa shape index (κ1) is 24.9. The Hall–Kier alpha value is -4.39. The Balaban J connectivity index is 1.17. The molecule has 1 unspecified atom stereocenters. The third-order valence-corrected chi connectivity index (χ3v) is 7.28. The number of hydrogen-bond acceptors (Lipinski definition) is 4. The number of fused-ring (bicyclic) bond motifs is 1. The fourth-order valence-corrected chi connectivity index (χ4v) is 5.12. The maximum atomic E-state index is 14.2. The molecule has 1 N–H and O–H groups in total. The predicted octanol–water partition coefficient (Wildman–Crippen LogP) is 5.81. The van der Waals surface area contributed by atoms with Gasteiger partial charge >= 0.3 is 0 Å². The molecule has 0 saturated heterocycles. The number of carbonyl (C=O) groups excluding carboxylic acids is 2. The van der Waals surface area contributed by atoms with Crippen molar-refractivity contribution in [3.8, 4) is 5.75 Å². The van der Waals surface area contributed by atoms with Gasteiger partial charge in [0.1, 0.15) is 23.9 Å². The molecule has 0 radical (unpaired) electrons. The fraction of sp³-hybridized carbons (Fsp3) is 0.250. The summed E-state index contributed by atoms with van der Waals surface area (Å²) in [7, 11) is 0. The van der Waals surface area contributed by atoms with Crippen molar-refractivity contribution in [3.05, 3.63) is 125 Å². The molecule has 1 fully saturated rings. The summed E-state index contributed by atoms with van der Waals surface area (Å²) in [5.74, 6) is 0.932. The summed E-state index contributed by atoms with van der Waals surface area (Å²) in [5, 5.41) is 2.85. The molecule has 2 heterocycles. The van der Waals surface area contributed by atoms with Gasteiger partial charge in [-0.3, -0.25) is 9.59 Å². The van der Waals surface area contributed by atoms with Crippen molar-refractivity contribution < 1.29 is 23.1 Å². The third kappa shape index (κ3) is 5.58. The predicted molar refractivity (Wildman–Crippen MR) is 143 cm³/mol. The van der Waals surface area contributed by atoms with Crippen LogP contribution in [0.3, 0.4) is 0 Å². The summed E-state index contributed by atoms with van der Waals surface area (Å²) < 4.78 is 26.0. The Labute approximate surface area is 226 Å². The van der Waals surface area contributed by atoms with E-state index in [0.29, 0.717) is 24.6 Å². The van der Waals surface area contributed by atoms with Gasteiger partial charge in [-0.1, -0.05) is 48.5 Å². The lowest BCUT2D eigenvalue weighted by molar-refractivity contribution is -0.134. The molecule has 0 spiro atoms. The van der Waals surface area contributed by atoms with Crippen molar-refractivity contribution in [2.75, 3.05) is 6.54 Å². The van der Waals surface area contributed by atoms with E-state index >= 15 is 0 Å². The van der Waals surface area contributed by atoms with Gasteiger partial charge in [-0.2, -0.15) is 0 Å². The van der Waals surface area contributed by atoms with Crippen LogP contribution >= 0.6 is 0 Å². The van der Waals surface area contributed by atoms with Crippen molar-refractivity contribution in [1.82, 2.24) is 10.2 Å². The molecule has 1 aromatic heterocycles. The molecule has 1 aliphatic heterocycles. The first-order valence-corrected chi connectivity index (χ1v) is 13.3. The van der Waals surface area contributed by atoms with Crippen LogP contribution < -0.4 is 10.1 Å². The minimum atomic E-state index is -0.371. The van der Waals surface area contributed by atoms with E-state index in [-0.39, 0.29) is 42.0 Å². The number of ether oxygens (including phenoxy) is 1. The number of benzene rings is 3. The van der Waals surface area contributed by atoms with Crippen molar-refractivity contribution >= 4 is 11.8 Å². The van der Waals surface area contributed by atoms with Gasteiger partial charge in [-0.05, 0) is 77.9 Å². The molecular weight excluding hydrogens is 495 g/mol. The minimum absolute atomic E-state index is 0.0695. The zero-order valence-corrected chi connectivity index (χ0v) is 21.4. The van der Waals surface area contributed by atoms with E-state index in [1.54, 1.807) is 18.2 Å². The third-order valence-electron chi connectivity index (χ3n) is 7.28. The Morgan fingerprint density at radius 2 is 1.82 bits per heavy atom. The number of nitrogens with one attached hydrogen (secondary N) is 1. The highest BCUT2D eigenvalue weighted by Crippen LogP contribution is 2.41. The van der Waals surface area contributed by atoms with Gasteiger partial charge in [-0.25, -0.2) is 4.39 Å². The number of nitrogens with zero attached hydrogens (tertiary/aromatic N) is 1. The number of amides is 2. The number of carbonyl (C=O) groups is 2. The standard InChI is InChI=1S/C32H29FN2O4/c33-25-8-4-7-24(17-25)30-28-18-26(12-11-22(28)15-16-35(30)32(37)23-9-10-23)38-20-27-13-14-29(39-27)31(36)34-19-21-5-2-1-3-6-21/h1-8,11-14,17-18,23,30H,9-10,15-16,19-20H2,(H,34,36). The van der Waals surface area contributed by atoms with Crippen molar-refractivity contribution in [2.24, 2.45) is 5.92 Å². The molecule has 3 aromatic carbocycles. The van der Waals surface area contributed by atoms with E-state index in [4.69, 9.17) is 9.15 Å². The van der Waals surface area contributed by atoms with Crippen LogP contribution in [0.5, 0.6) is 5.75 Å². The largest absolute Gasteiger partial charge is 0.486 e. The summed E-state index contributed by atoms with van der Waals surface area (Å²) in [4.78, 5) is 27.6. The van der Waals surface area contributed by atoms with Gasteiger partial charge in [0.15, 0.2) is 5.76 Å². The summed E-state index contributed by atoms with van der Waals surface area (Å²) in [6.45, 7) is 1.15. The highest BCUT2D eigenvalue weighted by Gasteiger charge is 2.39. The highest BCUT2D eigenvalue weighted by atomic mass is 19.1. The summed E-state index contributed by atoms with van der Waals surface area (Å²) in [5.41, 5.74) is 3.81. The van der Waals surface area contributed by atoms with Gasteiger partial charge in [0, 0.05) is 19.0 Å². The molecule has 6 nitrogen and oxygen atoms in total. The molecule has 39 heavy (non-hydrogen) atoms. The fourth-order valence-electron chi connectivity index (χ4n) is 5.12. The van der Waals surface area contributed by atoms with E-state index in [1.807, 2.05) is 59.5 Å². The molecule has 198 valence electrons. The van der Waals surface area contributed by atoms with Gasteiger partial charge in [-0.15, -0.1) is 0 Å². The number of halogens is 1. The van der Waals surface area contributed by atoms with Crippen LogP contribution in [-0.4, -0.2) is 23.3 Å². The van der Waals surface area contributed by atoms with E-state index in [9.17, 15) is 14.0 Å². The van der Waals surface area contributed by atoms with Gasteiger partial charge in [0.2, 0.25) is 5.91 Å². The van der Waals surface area contributed by atoms with Gasteiger partial charge < -0.3 is 19.4 Å². The van der Waals surface area contributed by atoms with Crippen molar-refractivity contribution in [1.29, 1.82) is 0 Å². The monoisotopic (exact) mass is 524 g/mol. The second kappa shape index (κ2) is 10.8. The molecule has 1 saturated carbocycles. The van der Waals surface area contributed by atoms with E-state index in [1.165, 1.54) is 12.1 Å². The number of rotatable bonds is 8. The topological polar surface area (TPSA) is 71.8 Å². The Morgan fingerprint density at radius 3 is 2.62 bits per heavy atom. The molecule has 2 amide bonds. The van der Waals surface area contributed by atoms with Crippen LogP contribution in [0.25, 0.3) is 0 Å². The summed E-state index contributed by atoms with van der Waals surface area (Å²) in [6.07, 6.45) is 2.56. The Kier molecular flexibility index (Phi) is 6.88. The molecule has 4 aromatic rings. The quantitative estimate of drug-likeness (QED) is 0.316. The van der Waals surface area contributed by atoms with E-state index in [0.717, 1.165) is 41.5 Å². The second-order valence-corrected chi connectivity index (χ2v) is 10.1. The lowest BCUT2D eigenvalue weighted by atomic mass is 9.87. The van der Waals surface area contributed by atoms with Crippen LogP contribution in [0.4, 0.5) is 4.39 Å².